The van der Waals surface area contributed by atoms with Crippen molar-refractivity contribution in [2.24, 2.45) is 0 Å². The van der Waals surface area contributed by atoms with E-state index >= 15 is 0 Å². The Kier molecular flexibility index (Phi) is 4.64. The van der Waals surface area contributed by atoms with Crippen LogP contribution in [-0.4, -0.2) is 58.8 Å². The standard InChI is InChI=1S/C19H21N5O3S/c1-22(2)28(26,27)15-8-5-7-14(13-15)19(25)23-12-6-9-16(23)18-21-20-17-10-3-4-11-24(17)18/h3-5,7-8,10-11,13,16H,6,9,12H2,1-2H3/t16-/m1/s1. The van der Waals surface area contributed by atoms with Crippen molar-refractivity contribution in [3.8, 4) is 0 Å². The Balaban J connectivity index is 1.68. The molecule has 0 N–H and O–H groups in total. The van der Waals surface area contributed by atoms with E-state index in [2.05, 4.69) is 10.2 Å². The number of likely N-dealkylation sites (tertiary alicyclic amines) is 1. The van der Waals surface area contributed by atoms with Crippen LogP contribution in [0.1, 0.15) is 35.1 Å². The van der Waals surface area contributed by atoms with Crippen LogP contribution in [0.3, 0.4) is 0 Å². The Labute approximate surface area is 163 Å². The molecule has 1 saturated heterocycles. The van der Waals surface area contributed by atoms with Crippen molar-refractivity contribution in [3.63, 3.8) is 0 Å². The third kappa shape index (κ3) is 3.06. The summed E-state index contributed by atoms with van der Waals surface area (Å²) in [5, 5.41) is 8.49. The second-order valence-electron chi connectivity index (χ2n) is 6.96. The molecule has 3 heterocycles. The normalized spacial score (nSPS) is 17.5. The summed E-state index contributed by atoms with van der Waals surface area (Å²) in [4.78, 5) is 15.1. The van der Waals surface area contributed by atoms with Crippen molar-refractivity contribution >= 4 is 21.6 Å². The number of hydrogen-bond donors (Lipinski definition) is 0. The van der Waals surface area contributed by atoms with Crippen LogP contribution in [-0.2, 0) is 10.0 Å². The number of amides is 1. The van der Waals surface area contributed by atoms with Gasteiger partial charge < -0.3 is 4.90 Å². The molecule has 3 aromatic rings. The minimum Gasteiger partial charge on any atom is -0.328 e. The number of hydrogen-bond acceptors (Lipinski definition) is 5. The number of pyridine rings is 1. The van der Waals surface area contributed by atoms with E-state index in [1.165, 1.54) is 26.2 Å². The van der Waals surface area contributed by atoms with Crippen LogP contribution in [0.15, 0.2) is 53.6 Å². The Morgan fingerprint density at radius 2 is 1.96 bits per heavy atom. The maximum atomic E-state index is 13.2. The van der Waals surface area contributed by atoms with Crippen molar-refractivity contribution in [3.05, 3.63) is 60.0 Å². The lowest BCUT2D eigenvalue weighted by Gasteiger charge is -2.24. The maximum absolute atomic E-state index is 13.2. The molecule has 0 bridgehead atoms. The molecule has 8 nitrogen and oxygen atoms in total. The average Bonchev–Trinajstić information content (AvgIpc) is 3.34. The van der Waals surface area contributed by atoms with Gasteiger partial charge in [0.25, 0.3) is 5.91 Å². The number of benzene rings is 1. The molecule has 1 aliphatic rings. The molecular weight excluding hydrogens is 378 g/mol. The monoisotopic (exact) mass is 399 g/mol. The van der Waals surface area contributed by atoms with Crippen molar-refractivity contribution in [1.29, 1.82) is 0 Å². The molecule has 0 spiro atoms. The lowest BCUT2D eigenvalue weighted by molar-refractivity contribution is 0.0729. The highest BCUT2D eigenvalue weighted by Gasteiger charge is 2.34. The second kappa shape index (κ2) is 6.99. The average molecular weight is 399 g/mol. The number of carbonyl (C=O) groups excluding carboxylic acids is 1. The van der Waals surface area contributed by atoms with Gasteiger partial charge in [0, 0.05) is 32.4 Å². The van der Waals surface area contributed by atoms with Crippen LogP contribution in [0.2, 0.25) is 0 Å². The molecule has 4 rings (SSSR count). The zero-order valence-corrected chi connectivity index (χ0v) is 16.5. The van der Waals surface area contributed by atoms with E-state index in [-0.39, 0.29) is 16.8 Å². The lowest BCUT2D eigenvalue weighted by Crippen LogP contribution is -2.32. The summed E-state index contributed by atoms with van der Waals surface area (Å²) in [5.41, 5.74) is 1.08. The van der Waals surface area contributed by atoms with Crippen LogP contribution < -0.4 is 0 Å². The number of rotatable bonds is 4. The van der Waals surface area contributed by atoms with Gasteiger partial charge in [-0.2, -0.15) is 0 Å². The van der Waals surface area contributed by atoms with Crippen molar-refractivity contribution in [2.45, 2.75) is 23.8 Å². The molecule has 2 aromatic heterocycles. The minimum absolute atomic E-state index is 0.104. The van der Waals surface area contributed by atoms with E-state index in [4.69, 9.17) is 0 Å². The van der Waals surface area contributed by atoms with Gasteiger partial charge in [0.2, 0.25) is 10.0 Å². The summed E-state index contributed by atoms with van der Waals surface area (Å²) in [7, 11) is -0.668. The summed E-state index contributed by atoms with van der Waals surface area (Å²) in [5.74, 6) is 0.518. The fourth-order valence-electron chi connectivity index (χ4n) is 3.53. The van der Waals surface area contributed by atoms with Gasteiger partial charge in [-0.3, -0.25) is 9.20 Å². The molecular formula is C19H21N5O3S. The SMILES string of the molecule is CN(C)S(=O)(=O)c1cccc(C(=O)N2CCC[C@@H]2c2nnc3ccccn23)c1. The molecule has 0 saturated carbocycles. The van der Waals surface area contributed by atoms with Crippen molar-refractivity contribution in [1.82, 2.24) is 23.8 Å². The first-order chi connectivity index (χ1) is 13.4. The van der Waals surface area contributed by atoms with Gasteiger partial charge in [-0.1, -0.05) is 12.1 Å². The topological polar surface area (TPSA) is 87.9 Å². The molecule has 0 aliphatic carbocycles. The van der Waals surface area contributed by atoms with Crippen molar-refractivity contribution in [2.75, 3.05) is 20.6 Å². The highest BCUT2D eigenvalue weighted by atomic mass is 32.2. The second-order valence-corrected chi connectivity index (χ2v) is 9.11. The maximum Gasteiger partial charge on any atom is 0.254 e. The molecule has 1 fully saturated rings. The molecule has 9 heteroatoms. The van der Waals surface area contributed by atoms with E-state index < -0.39 is 10.0 Å². The molecule has 1 aromatic carbocycles. The first-order valence-corrected chi connectivity index (χ1v) is 10.5. The quantitative estimate of drug-likeness (QED) is 0.669. The predicted octanol–water partition coefficient (Wildman–Crippen LogP) is 1.96. The third-order valence-electron chi connectivity index (χ3n) is 5.01. The summed E-state index contributed by atoms with van der Waals surface area (Å²) in [6.07, 6.45) is 3.53. The zero-order valence-electron chi connectivity index (χ0n) is 15.7. The lowest BCUT2D eigenvalue weighted by atomic mass is 10.1. The van der Waals surface area contributed by atoms with Gasteiger partial charge in [-0.25, -0.2) is 12.7 Å². The number of nitrogens with zero attached hydrogens (tertiary/aromatic N) is 5. The van der Waals surface area contributed by atoms with Crippen LogP contribution in [0.25, 0.3) is 5.65 Å². The molecule has 1 atom stereocenters. The van der Waals surface area contributed by atoms with Gasteiger partial charge in [0.15, 0.2) is 11.5 Å². The summed E-state index contributed by atoms with van der Waals surface area (Å²) in [6.45, 7) is 0.593. The van der Waals surface area contributed by atoms with Gasteiger partial charge in [0.05, 0.1) is 10.9 Å². The Morgan fingerprint density at radius 1 is 1.14 bits per heavy atom. The van der Waals surface area contributed by atoms with E-state index in [1.54, 1.807) is 17.0 Å². The first-order valence-electron chi connectivity index (χ1n) is 9.03. The fraction of sp³-hybridized carbons (Fsp3) is 0.316. The summed E-state index contributed by atoms with van der Waals surface area (Å²) >= 11 is 0. The number of carbonyl (C=O) groups is 1. The third-order valence-corrected chi connectivity index (χ3v) is 6.82. The first kappa shape index (κ1) is 18.6. The van der Waals surface area contributed by atoms with E-state index in [1.807, 2.05) is 28.8 Å². The molecule has 28 heavy (non-hydrogen) atoms. The van der Waals surface area contributed by atoms with Crippen LogP contribution in [0.5, 0.6) is 0 Å². The van der Waals surface area contributed by atoms with Gasteiger partial charge in [-0.15, -0.1) is 10.2 Å². The Bertz CT molecular complexity index is 1140. The van der Waals surface area contributed by atoms with Gasteiger partial charge in [0.1, 0.15) is 0 Å². The van der Waals surface area contributed by atoms with Gasteiger partial charge in [-0.05, 0) is 43.2 Å². The minimum atomic E-state index is -3.61. The molecule has 1 aliphatic heterocycles. The zero-order chi connectivity index (χ0) is 19.9. The van der Waals surface area contributed by atoms with Crippen molar-refractivity contribution < 1.29 is 13.2 Å². The molecule has 1 amide bonds. The highest BCUT2D eigenvalue weighted by Crippen LogP contribution is 2.32. The Hall–Kier alpha value is -2.78. The van der Waals surface area contributed by atoms with E-state index in [0.29, 0.717) is 12.1 Å². The molecule has 0 radical (unpaired) electrons. The van der Waals surface area contributed by atoms with Crippen LogP contribution in [0.4, 0.5) is 0 Å². The van der Waals surface area contributed by atoms with E-state index in [9.17, 15) is 13.2 Å². The highest BCUT2D eigenvalue weighted by molar-refractivity contribution is 7.89. The Morgan fingerprint density at radius 3 is 2.75 bits per heavy atom. The largest absolute Gasteiger partial charge is 0.328 e. The molecule has 0 unspecified atom stereocenters. The number of aromatic nitrogens is 3. The number of fused-ring (bicyclic) bond motifs is 1. The smallest absolute Gasteiger partial charge is 0.254 e. The van der Waals surface area contributed by atoms with Crippen LogP contribution >= 0.6 is 0 Å². The van der Waals surface area contributed by atoms with Gasteiger partial charge >= 0.3 is 0 Å². The van der Waals surface area contributed by atoms with E-state index in [0.717, 1.165) is 28.6 Å². The summed E-state index contributed by atoms with van der Waals surface area (Å²) in [6, 6.07) is 11.6. The molecule has 146 valence electrons. The number of sulfonamides is 1. The predicted molar refractivity (Wildman–Crippen MR) is 103 cm³/mol. The fourth-order valence-corrected chi connectivity index (χ4v) is 4.48. The van der Waals surface area contributed by atoms with Crippen LogP contribution in [0, 0.1) is 0 Å². The summed E-state index contributed by atoms with van der Waals surface area (Å²) < 4.78 is 27.8.